The smallest absolute Gasteiger partial charge is 0.311 e. The van der Waals surface area contributed by atoms with Crippen molar-refractivity contribution < 1.29 is 18.8 Å². The van der Waals surface area contributed by atoms with Gasteiger partial charge in [0.15, 0.2) is 6.61 Å². The highest BCUT2D eigenvalue weighted by atomic mass is 32.1. The molecule has 3 aromatic rings. The van der Waals surface area contributed by atoms with E-state index in [9.17, 15) is 19.3 Å². The maximum Gasteiger partial charge on any atom is 0.311 e. The average Bonchev–Trinajstić information content (AvgIpc) is 3.02. The summed E-state index contributed by atoms with van der Waals surface area (Å²) >= 11 is 1.01. The zero-order valence-electron chi connectivity index (χ0n) is 11.9. The number of carbonyl (C=O) groups is 1. The molecule has 0 spiro atoms. The van der Waals surface area contributed by atoms with Crippen LogP contribution < -0.4 is 10.1 Å². The van der Waals surface area contributed by atoms with E-state index in [-0.39, 0.29) is 5.75 Å². The fraction of sp³-hybridized carbons (Fsp3) is 0.0714. The van der Waals surface area contributed by atoms with Crippen LogP contribution in [0.4, 0.5) is 15.8 Å². The van der Waals surface area contributed by atoms with Gasteiger partial charge in [-0.2, -0.15) is 8.75 Å². The number of nitro groups is 1. The standard InChI is InChI=1S/C14H9FN4O4S/c15-8-4-5-11(19(21)22)12(6-8)23-7-13(20)16-9-2-1-3-10-14(9)18-24-17-10/h1-6H,7H2,(H,16,20). The van der Waals surface area contributed by atoms with E-state index in [0.717, 1.165) is 29.9 Å². The number of nitrogens with one attached hydrogen (secondary N) is 1. The Bertz CT molecular complexity index is 930. The minimum absolute atomic E-state index is 0.316. The lowest BCUT2D eigenvalue weighted by atomic mass is 10.2. The molecule has 1 N–H and O–H groups in total. The third-order valence-electron chi connectivity index (χ3n) is 3.04. The molecule has 0 bridgehead atoms. The lowest BCUT2D eigenvalue weighted by molar-refractivity contribution is -0.385. The number of carbonyl (C=O) groups excluding carboxylic acids is 1. The molecule has 1 amide bonds. The van der Waals surface area contributed by atoms with Crippen molar-refractivity contribution in [1.82, 2.24) is 8.75 Å². The fourth-order valence-corrected chi connectivity index (χ4v) is 2.54. The topological polar surface area (TPSA) is 107 Å². The monoisotopic (exact) mass is 348 g/mol. The Hall–Kier alpha value is -3.14. The second kappa shape index (κ2) is 6.54. The predicted octanol–water partition coefficient (Wildman–Crippen LogP) is 2.76. The van der Waals surface area contributed by atoms with Crippen LogP contribution in [0.1, 0.15) is 0 Å². The van der Waals surface area contributed by atoms with Gasteiger partial charge in [0, 0.05) is 12.1 Å². The van der Waals surface area contributed by atoms with E-state index < -0.39 is 28.9 Å². The van der Waals surface area contributed by atoms with Crippen molar-refractivity contribution in [2.75, 3.05) is 11.9 Å². The van der Waals surface area contributed by atoms with Gasteiger partial charge in [0.25, 0.3) is 5.91 Å². The molecule has 0 saturated heterocycles. The first-order chi connectivity index (χ1) is 11.5. The lowest BCUT2D eigenvalue weighted by Gasteiger charge is -2.08. The Labute approximate surface area is 138 Å². The number of rotatable bonds is 5. The molecule has 0 unspecified atom stereocenters. The second-order valence-electron chi connectivity index (χ2n) is 4.64. The van der Waals surface area contributed by atoms with Gasteiger partial charge in [0.2, 0.25) is 5.75 Å². The molecular weight excluding hydrogens is 339 g/mol. The number of halogens is 1. The summed E-state index contributed by atoms with van der Waals surface area (Å²) in [7, 11) is 0. The van der Waals surface area contributed by atoms with Crippen molar-refractivity contribution in [3.05, 3.63) is 52.3 Å². The van der Waals surface area contributed by atoms with Crippen molar-refractivity contribution in [3.63, 3.8) is 0 Å². The molecule has 0 atom stereocenters. The molecule has 3 rings (SSSR count). The largest absolute Gasteiger partial charge is 0.477 e. The summed E-state index contributed by atoms with van der Waals surface area (Å²) in [6.45, 7) is -0.516. The van der Waals surface area contributed by atoms with Gasteiger partial charge in [-0.05, 0) is 18.2 Å². The molecule has 2 aromatic carbocycles. The molecular formula is C14H9FN4O4S. The summed E-state index contributed by atoms with van der Waals surface area (Å²) in [6, 6.07) is 7.88. The first-order valence-electron chi connectivity index (χ1n) is 6.62. The summed E-state index contributed by atoms with van der Waals surface area (Å²) in [5.41, 5.74) is 1.20. The van der Waals surface area contributed by atoms with E-state index >= 15 is 0 Å². The van der Waals surface area contributed by atoms with Crippen molar-refractivity contribution in [2.45, 2.75) is 0 Å². The first-order valence-corrected chi connectivity index (χ1v) is 7.35. The van der Waals surface area contributed by atoms with E-state index in [2.05, 4.69) is 14.1 Å². The molecule has 0 aliphatic carbocycles. The maximum absolute atomic E-state index is 13.2. The van der Waals surface area contributed by atoms with Crippen LogP contribution in [0.15, 0.2) is 36.4 Å². The van der Waals surface area contributed by atoms with E-state index in [1.165, 1.54) is 0 Å². The minimum Gasteiger partial charge on any atom is -0.477 e. The molecule has 0 aliphatic heterocycles. The minimum atomic E-state index is -0.714. The molecule has 1 aromatic heterocycles. The third-order valence-corrected chi connectivity index (χ3v) is 3.58. The van der Waals surface area contributed by atoms with Crippen molar-refractivity contribution in [3.8, 4) is 5.75 Å². The Morgan fingerprint density at radius 1 is 1.33 bits per heavy atom. The van der Waals surface area contributed by atoms with Crippen molar-refractivity contribution >= 4 is 40.0 Å². The Kier molecular flexibility index (Phi) is 4.29. The summed E-state index contributed by atoms with van der Waals surface area (Å²) in [5, 5.41) is 13.5. The van der Waals surface area contributed by atoms with Crippen LogP contribution in [0, 0.1) is 15.9 Å². The number of aromatic nitrogens is 2. The molecule has 0 fully saturated rings. The molecule has 8 nitrogen and oxygen atoms in total. The lowest BCUT2D eigenvalue weighted by Crippen LogP contribution is -2.20. The highest BCUT2D eigenvalue weighted by Gasteiger charge is 2.17. The molecule has 1 heterocycles. The molecule has 0 saturated carbocycles. The van der Waals surface area contributed by atoms with Crippen LogP contribution in [0.3, 0.4) is 0 Å². The molecule has 24 heavy (non-hydrogen) atoms. The molecule has 10 heteroatoms. The van der Waals surface area contributed by atoms with Crippen molar-refractivity contribution in [1.29, 1.82) is 0 Å². The summed E-state index contributed by atoms with van der Waals surface area (Å²) in [6.07, 6.45) is 0. The van der Waals surface area contributed by atoms with Gasteiger partial charge in [-0.3, -0.25) is 14.9 Å². The quantitative estimate of drug-likeness (QED) is 0.561. The number of anilines is 1. The Balaban J connectivity index is 1.71. The highest BCUT2D eigenvalue weighted by molar-refractivity contribution is 7.00. The number of nitro benzene ring substituents is 1. The number of hydrogen-bond acceptors (Lipinski definition) is 7. The van der Waals surface area contributed by atoms with Crippen LogP contribution >= 0.6 is 11.7 Å². The second-order valence-corrected chi connectivity index (χ2v) is 5.17. The zero-order chi connectivity index (χ0) is 17.1. The predicted molar refractivity (Wildman–Crippen MR) is 84.6 cm³/mol. The molecule has 0 aliphatic rings. The summed E-state index contributed by atoms with van der Waals surface area (Å²) in [5.74, 6) is -1.58. The van der Waals surface area contributed by atoms with Crippen LogP contribution in [-0.2, 0) is 4.79 Å². The highest BCUT2D eigenvalue weighted by Crippen LogP contribution is 2.27. The Morgan fingerprint density at radius 3 is 2.96 bits per heavy atom. The molecule has 122 valence electrons. The van der Waals surface area contributed by atoms with Gasteiger partial charge >= 0.3 is 5.69 Å². The van der Waals surface area contributed by atoms with Crippen LogP contribution in [0.5, 0.6) is 5.75 Å². The summed E-state index contributed by atoms with van der Waals surface area (Å²) in [4.78, 5) is 22.1. The van der Waals surface area contributed by atoms with Gasteiger partial charge in [-0.15, -0.1) is 0 Å². The Morgan fingerprint density at radius 2 is 2.17 bits per heavy atom. The average molecular weight is 348 g/mol. The number of amides is 1. The van der Waals surface area contributed by atoms with Gasteiger partial charge < -0.3 is 10.1 Å². The number of nitrogens with zero attached hydrogens (tertiary/aromatic N) is 3. The zero-order valence-corrected chi connectivity index (χ0v) is 12.7. The van der Waals surface area contributed by atoms with Gasteiger partial charge in [-0.1, -0.05) is 6.07 Å². The first kappa shape index (κ1) is 15.7. The van der Waals surface area contributed by atoms with E-state index in [1.54, 1.807) is 18.2 Å². The number of benzene rings is 2. The van der Waals surface area contributed by atoms with Crippen molar-refractivity contribution in [2.24, 2.45) is 0 Å². The van der Waals surface area contributed by atoms with Gasteiger partial charge in [0.1, 0.15) is 16.9 Å². The normalized spacial score (nSPS) is 10.5. The van der Waals surface area contributed by atoms with Gasteiger partial charge in [-0.25, -0.2) is 4.39 Å². The number of fused-ring (bicyclic) bond motifs is 1. The van der Waals surface area contributed by atoms with Crippen LogP contribution in [-0.4, -0.2) is 26.2 Å². The van der Waals surface area contributed by atoms with E-state index in [1.807, 2.05) is 0 Å². The van der Waals surface area contributed by atoms with Crippen LogP contribution in [0.2, 0.25) is 0 Å². The van der Waals surface area contributed by atoms with E-state index in [4.69, 9.17) is 4.74 Å². The fourth-order valence-electron chi connectivity index (χ4n) is 1.99. The van der Waals surface area contributed by atoms with Crippen LogP contribution in [0.25, 0.3) is 11.0 Å². The van der Waals surface area contributed by atoms with E-state index in [0.29, 0.717) is 16.7 Å². The van der Waals surface area contributed by atoms with Gasteiger partial charge in [0.05, 0.1) is 22.3 Å². The SMILES string of the molecule is O=C(COc1cc(F)ccc1[N+](=O)[O-])Nc1cccc2nsnc12. The maximum atomic E-state index is 13.2. The number of ether oxygens (including phenoxy) is 1. The summed E-state index contributed by atoms with van der Waals surface area (Å²) < 4.78 is 26.4. The number of hydrogen-bond donors (Lipinski definition) is 1. The molecule has 0 radical (unpaired) electrons. The third kappa shape index (κ3) is 3.27.